The summed E-state index contributed by atoms with van der Waals surface area (Å²) in [5, 5.41) is 3.35. The number of methoxy groups -OCH3 is 1. The minimum absolute atomic E-state index is 0.266. The molecule has 1 aromatic carbocycles. The highest BCUT2D eigenvalue weighted by Gasteiger charge is 2.20. The molecule has 2 rings (SSSR count). The van der Waals surface area contributed by atoms with Gasteiger partial charge in [-0.15, -0.1) is 0 Å². The van der Waals surface area contributed by atoms with Gasteiger partial charge >= 0.3 is 0 Å². The largest absolute Gasteiger partial charge is 0.496 e. The van der Waals surface area contributed by atoms with Crippen molar-refractivity contribution >= 4 is 5.78 Å². The summed E-state index contributed by atoms with van der Waals surface area (Å²) in [6.45, 7) is 0.804. The summed E-state index contributed by atoms with van der Waals surface area (Å²) in [4.78, 5) is 11.8. The molecule has 3 nitrogen and oxygen atoms in total. The number of para-hydroxylation sites is 1. The lowest BCUT2D eigenvalue weighted by Crippen LogP contribution is -2.20. The van der Waals surface area contributed by atoms with Crippen molar-refractivity contribution in [2.45, 2.75) is 31.7 Å². The van der Waals surface area contributed by atoms with Crippen molar-refractivity contribution in [3.8, 4) is 5.75 Å². The van der Waals surface area contributed by atoms with E-state index in [0.29, 0.717) is 18.9 Å². The first-order valence-corrected chi connectivity index (χ1v) is 6.16. The lowest BCUT2D eigenvalue weighted by Gasteiger charge is -2.07. The second-order valence-electron chi connectivity index (χ2n) is 4.51. The monoisotopic (exact) mass is 233 g/mol. The van der Waals surface area contributed by atoms with Crippen LogP contribution in [-0.4, -0.2) is 25.5 Å². The van der Waals surface area contributed by atoms with Crippen molar-refractivity contribution in [2.75, 3.05) is 13.7 Å². The van der Waals surface area contributed by atoms with Gasteiger partial charge in [-0.25, -0.2) is 0 Å². The van der Waals surface area contributed by atoms with Gasteiger partial charge in [0, 0.05) is 31.0 Å². The van der Waals surface area contributed by atoms with Gasteiger partial charge in [-0.3, -0.25) is 4.79 Å². The van der Waals surface area contributed by atoms with Gasteiger partial charge in [-0.2, -0.15) is 0 Å². The predicted octanol–water partition coefficient (Wildman–Crippen LogP) is 1.95. The van der Waals surface area contributed by atoms with Gasteiger partial charge in [0.15, 0.2) is 0 Å². The Balaban J connectivity index is 1.79. The first-order valence-electron chi connectivity index (χ1n) is 6.16. The molecule has 0 aromatic heterocycles. The van der Waals surface area contributed by atoms with Crippen LogP contribution in [0.5, 0.6) is 5.75 Å². The molecule has 1 aliphatic carbocycles. The number of ketones is 1. The fourth-order valence-electron chi connectivity index (χ4n) is 1.85. The molecule has 1 fully saturated rings. The van der Waals surface area contributed by atoms with Gasteiger partial charge in [0.25, 0.3) is 0 Å². The molecule has 0 aliphatic heterocycles. The standard InChI is InChI=1S/C14H19NO2/c1-17-14-5-3-2-4-11(14)10-13(16)8-9-15-12-6-7-12/h2-5,12,15H,6-10H2,1H3. The van der Waals surface area contributed by atoms with Gasteiger partial charge < -0.3 is 10.1 Å². The van der Waals surface area contributed by atoms with E-state index in [0.717, 1.165) is 17.9 Å². The van der Waals surface area contributed by atoms with E-state index in [9.17, 15) is 4.79 Å². The highest BCUT2D eigenvalue weighted by molar-refractivity contribution is 5.81. The first kappa shape index (κ1) is 12.1. The van der Waals surface area contributed by atoms with Crippen molar-refractivity contribution in [1.29, 1.82) is 0 Å². The molecule has 0 saturated heterocycles. The van der Waals surface area contributed by atoms with Crippen LogP contribution in [0.4, 0.5) is 0 Å². The molecular weight excluding hydrogens is 214 g/mol. The van der Waals surface area contributed by atoms with Crippen molar-refractivity contribution in [3.05, 3.63) is 29.8 Å². The molecule has 1 aromatic rings. The van der Waals surface area contributed by atoms with Crippen LogP contribution in [0.3, 0.4) is 0 Å². The van der Waals surface area contributed by atoms with E-state index >= 15 is 0 Å². The Morgan fingerprint density at radius 3 is 2.88 bits per heavy atom. The fourth-order valence-corrected chi connectivity index (χ4v) is 1.85. The van der Waals surface area contributed by atoms with E-state index in [2.05, 4.69) is 5.32 Å². The van der Waals surface area contributed by atoms with E-state index in [-0.39, 0.29) is 5.78 Å². The second kappa shape index (κ2) is 5.82. The van der Waals surface area contributed by atoms with E-state index in [1.165, 1.54) is 12.8 Å². The van der Waals surface area contributed by atoms with E-state index in [1.807, 2.05) is 24.3 Å². The number of rotatable bonds is 7. The number of carbonyl (C=O) groups excluding carboxylic acids is 1. The van der Waals surface area contributed by atoms with E-state index < -0.39 is 0 Å². The highest BCUT2D eigenvalue weighted by Crippen LogP contribution is 2.19. The zero-order valence-electron chi connectivity index (χ0n) is 10.2. The van der Waals surface area contributed by atoms with Gasteiger partial charge in [0.2, 0.25) is 0 Å². The number of hydrogen-bond donors (Lipinski definition) is 1. The summed E-state index contributed by atoms with van der Waals surface area (Å²) in [6.07, 6.45) is 3.60. The van der Waals surface area contributed by atoms with E-state index in [1.54, 1.807) is 7.11 Å². The number of hydrogen-bond acceptors (Lipinski definition) is 3. The molecular formula is C14H19NO2. The molecule has 0 bridgehead atoms. The molecule has 1 saturated carbocycles. The number of nitrogens with one attached hydrogen (secondary N) is 1. The van der Waals surface area contributed by atoms with Crippen LogP contribution < -0.4 is 10.1 Å². The molecule has 1 aliphatic rings. The Kier molecular flexibility index (Phi) is 4.15. The Morgan fingerprint density at radius 1 is 1.41 bits per heavy atom. The lowest BCUT2D eigenvalue weighted by atomic mass is 10.1. The Bertz CT molecular complexity index is 386. The molecule has 0 radical (unpaired) electrons. The molecule has 92 valence electrons. The first-order chi connectivity index (χ1) is 8.29. The minimum atomic E-state index is 0.266. The SMILES string of the molecule is COc1ccccc1CC(=O)CCNC1CC1. The summed E-state index contributed by atoms with van der Waals surface area (Å²) < 4.78 is 5.23. The fraction of sp³-hybridized carbons (Fsp3) is 0.500. The number of Topliss-reactive ketones (excluding diaryl/α,β-unsaturated/α-hetero) is 1. The van der Waals surface area contributed by atoms with Gasteiger partial charge in [-0.1, -0.05) is 18.2 Å². The topological polar surface area (TPSA) is 38.3 Å². The smallest absolute Gasteiger partial charge is 0.138 e. The predicted molar refractivity (Wildman–Crippen MR) is 67.3 cm³/mol. The maximum Gasteiger partial charge on any atom is 0.138 e. The number of benzene rings is 1. The lowest BCUT2D eigenvalue weighted by molar-refractivity contribution is -0.118. The third kappa shape index (κ3) is 3.86. The molecule has 0 amide bonds. The van der Waals surface area contributed by atoms with Crippen LogP contribution in [0.2, 0.25) is 0 Å². The van der Waals surface area contributed by atoms with Crippen LogP contribution in [0, 0.1) is 0 Å². The summed E-state index contributed by atoms with van der Waals surface area (Å²) in [7, 11) is 1.64. The molecule has 0 spiro atoms. The quantitative estimate of drug-likeness (QED) is 0.782. The Hall–Kier alpha value is -1.35. The summed E-state index contributed by atoms with van der Waals surface area (Å²) in [6, 6.07) is 8.37. The number of ether oxygens (including phenoxy) is 1. The molecule has 3 heteroatoms. The molecule has 1 N–H and O–H groups in total. The van der Waals surface area contributed by atoms with Crippen LogP contribution in [0.15, 0.2) is 24.3 Å². The van der Waals surface area contributed by atoms with Gasteiger partial charge in [-0.05, 0) is 18.9 Å². The number of carbonyl (C=O) groups is 1. The van der Waals surface area contributed by atoms with Crippen LogP contribution >= 0.6 is 0 Å². The molecule has 0 unspecified atom stereocenters. The molecule has 0 heterocycles. The third-order valence-electron chi connectivity index (χ3n) is 2.99. The summed E-state index contributed by atoms with van der Waals surface area (Å²) in [5.41, 5.74) is 0.978. The maximum absolute atomic E-state index is 11.8. The highest BCUT2D eigenvalue weighted by atomic mass is 16.5. The average molecular weight is 233 g/mol. The third-order valence-corrected chi connectivity index (χ3v) is 2.99. The van der Waals surface area contributed by atoms with Crippen molar-refractivity contribution < 1.29 is 9.53 Å². The zero-order valence-corrected chi connectivity index (χ0v) is 10.2. The van der Waals surface area contributed by atoms with Crippen molar-refractivity contribution in [1.82, 2.24) is 5.32 Å². The maximum atomic E-state index is 11.8. The average Bonchev–Trinajstić information content (AvgIpc) is 3.14. The minimum Gasteiger partial charge on any atom is -0.496 e. The van der Waals surface area contributed by atoms with Crippen LogP contribution in [0.25, 0.3) is 0 Å². The van der Waals surface area contributed by atoms with Crippen molar-refractivity contribution in [2.24, 2.45) is 0 Å². The van der Waals surface area contributed by atoms with Crippen LogP contribution in [-0.2, 0) is 11.2 Å². The van der Waals surface area contributed by atoms with Crippen molar-refractivity contribution in [3.63, 3.8) is 0 Å². The second-order valence-corrected chi connectivity index (χ2v) is 4.51. The summed E-state index contributed by atoms with van der Waals surface area (Å²) in [5.74, 6) is 1.07. The van der Waals surface area contributed by atoms with Gasteiger partial charge in [0.1, 0.15) is 11.5 Å². The van der Waals surface area contributed by atoms with Gasteiger partial charge in [0.05, 0.1) is 7.11 Å². The molecule has 0 atom stereocenters. The van der Waals surface area contributed by atoms with Crippen LogP contribution in [0.1, 0.15) is 24.8 Å². The zero-order chi connectivity index (χ0) is 12.1. The summed E-state index contributed by atoms with van der Waals surface area (Å²) >= 11 is 0. The normalized spacial score (nSPS) is 14.6. The Labute approximate surface area is 102 Å². The van der Waals surface area contributed by atoms with E-state index in [4.69, 9.17) is 4.74 Å². The molecule has 17 heavy (non-hydrogen) atoms. The Morgan fingerprint density at radius 2 is 2.18 bits per heavy atom.